The van der Waals surface area contributed by atoms with Gasteiger partial charge in [-0.25, -0.2) is 17.7 Å². The summed E-state index contributed by atoms with van der Waals surface area (Å²) in [6, 6.07) is 11.6. The summed E-state index contributed by atoms with van der Waals surface area (Å²) in [4.78, 5) is 16.2. The molecular formula is C15H17N3O3S2. The predicted molar refractivity (Wildman–Crippen MR) is 90.9 cm³/mol. The molecule has 0 fully saturated rings. The number of benzene rings is 1. The number of amides is 1. The summed E-state index contributed by atoms with van der Waals surface area (Å²) in [7, 11) is -0.516. The second-order valence-electron chi connectivity index (χ2n) is 4.82. The van der Waals surface area contributed by atoms with Crippen LogP contribution in [0.2, 0.25) is 0 Å². The number of rotatable bonds is 6. The van der Waals surface area contributed by atoms with E-state index in [4.69, 9.17) is 0 Å². The Labute approximate surface area is 140 Å². The van der Waals surface area contributed by atoms with Gasteiger partial charge in [0.25, 0.3) is 0 Å². The van der Waals surface area contributed by atoms with Gasteiger partial charge >= 0.3 is 0 Å². The predicted octanol–water partition coefficient (Wildman–Crippen LogP) is 2.06. The fourth-order valence-corrected chi connectivity index (χ4v) is 3.25. The molecule has 2 aromatic rings. The summed E-state index contributed by atoms with van der Waals surface area (Å²) in [5.74, 6) is 0.0539. The molecule has 0 saturated heterocycles. The third-order valence-corrected chi connectivity index (χ3v) is 5.68. The Morgan fingerprint density at radius 3 is 2.43 bits per heavy atom. The zero-order chi connectivity index (χ0) is 16.9. The molecule has 0 aliphatic heterocycles. The van der Waals surface area contributed by atoms with Crippen LogP contribution in [0.25, 0.3) is 0 Å². The summed E-state index contributed by atoms with van der Waals surface area (Å²) in [5, 5.41) is 3.50. The maximum atomic E-state index is 12.0. The van der Waals surface area contributed by atoms with E-state index in [9.17, 15) is 13.2 Å². The van der Waals surface area contributed by atoms with Gasteiger partial charge in [-0.05, 0) is 36.4 Å². The molecule has 6 nitrogen and oxygen atoms in total. The molecule has 1 N–H and O–H groups in total. The molecule has 0 atom stereocenters. The highest BCUT2D eigenvalue weighted by Crippen LogP contribution is 2.18. The number of nitrogens with zero attached hydrogens (tertiary/aromatic N) is 2. The Balaban J connectivity index is 1.94. The van der Waals surface area contributed by atoms with Crippen LogP contribution in [0, 0.1) is 0 Å². The van der Waals surface area contributed by atoms with Crippen molar-refractivity contribution >= 4 is 33.4 Å². The molecule has 23 heavy (non-hydrogen) atoms. The third-order valence-electron chi connectivity index (χ3n) is 2.91. The van der Waals surface area contributed by atoms with Crippen LogP contribution in [0.5, 0.6) is 0 Å². The lowest BCUT2D eigenvalue weighted by Gasteiger charge is -2.12. The smallest absolute Gasteiger partial charge is 0.242 e. The van der Waals surface area contributed by atoms with E-state index in [1.165, 1.54) is 38.0 Å². The van der Waals surface area contributed by atoms with Crippen LogP contribution < -0.4 is 5.32 Å². The van der Waals surface area contributed by atoms with Gasteiger partial charge in [-0.3, -0.25) is 4.79 Å². The Morgan fingerprint density at radius 1 is 1.17 bits per heavy atom. The minimum atomic E-state index is -3.46. The molecular weight excluding hydrogens is 334 g/mol. The van der Waals surface area contributed by atoms with E-state index in [2.05, 4.69) is 10.3 Å². The molecule has 0 unspecified atom stereocenters. The van der Waals surface area contributed by atoms with Crippen molar-refractivity contribution in [3.8, 4) is 0 Å². The van der Waals surface area contributed by atoms with Crippen LogP contribution in [0.4, 0.5) is 5.69 Å². The summed E-state index contributed by atoms with van der Waals surface area (Å²) in [5.41, 5.74) is 0.550. The van der Waals surface area contributed by atoms with E-state index >= 15 is 0 Å². The molecule has 0 bridgehead atoms. The van der Waals surface area contributed by atoms with Crippen molar-refractivity contribution in [2.75, 3.05) is 25.2 Å². The first-order chi connectivity index (χ1) is 10.9. The SMILES string of the molecule is CN(C)S(=O)(=O)c1ccc(NC(=O)CSc2ccccn2)cc1. The van der Waals surface area contributed by atoms with Crippen LogP contribution >= 0.6 is 11.8 Å². The lowest BCUT2D eigenvalue weighted by molar-refractivity contribution is -0.113. The van der Waals surface area contributed by atoms with Crippen LogP contribution in [0.1, 0.15) is 0 Å². The first kappa shape index (κ1) is 17.5. The van der Waals surface area contributed by atoms with E-state index in [0.717, 1.165) is 9.33 Å². The normalized spacial score (nSPS) is 11.4. The number of pyridine rings is 1. The fourth-order valence-electron chi connectivity index (χ4n) is 1.69. The van der Waals surface area contributed by atoms with Crippen molar-refractivity contribution in [2.24, 2.45) is 0 Å². The number of thioether (sulfide) groups is 1. The molecule has 2 rings (SSSR count). The van der Waals surface area contributed by atoms with Gasteiger partial charge in [0.2, 0.25) is 15.9 Å². The van der Waals surface area contributed by atoms with Crippen LogP contribution in [-0.4, -0.2) is 43.5 Å². The lowest BCUT2D eigenvalue weighted by atomic mass is 10.3. The summed E-state index contributed by atoms with van der Waals surface area (Å²) in [6.45, 7) is 0. The highest BCUT2D eigenvalue weighted by Gasteiger charge is 2.16. The van der Waals surface area contributed by atoms with Gasteiger partial charge in [0, 0.05) is 26.0 Å². The van der Waals surface area contributed by atoms with Crippen molar-refractivity contribution in [3.63, 3.8) is 0 Å². The van der Waals surface area contributed by atoms with Gasteiger partial charge in [0.05, 0.1) is 15.7 Å². The number of sulfonamides is 1. The second kappa shape index (κ2) is 7.58. The maximum absolute atomic E-state index is 12.0. The molecule has 0 saturated carbocycles. The molecule has 0 aliphatic rings. The molecule has 1 heterocycles. The summed E-state index contributed by atoms with van der Waals surface area (Å²) < 4.78 is 25.0. The summed E-state index contributed by atoms with van der Waals surface area (Å²) >= 11 is 1.33. The van der Waals surface area contributed by atoms with Gasteiger partial charge in [0.1, 0.15) is 0 Å². The van der Waals surface area contributed by atoms with Crippen molar-refractivity contribution in [3.05, 3.63) is 48.7 Å². The fraction of sp³-hybridized carbons (Fsp3) is 0.200. The monoisotopic (exact) mass is 351 g/mol. The van der Waals surface area contributed by atoms with Crippen molar-refractivity contribution in [1.29, 1.82) is 0 Å². The van der Waals surface area contributed by atoms with Gasteiger partial charge in [-0.1, -0.05) is 17.8 Å². The number of carbonyl (C=O) groups is 1. The zero-order valence-corrected chi connectivity index (χ0v) is 14.4. The average molecular weight is 351 g/mol. The highest BCUT2D eigenvalue weighted by atomic mass is 32.2. The summed E-state index contributed by atoms with van der Waals surface area (Å²) in [6.07, 6.45) is 1.67. The van der Waals surface area contributed by atoms with Crippen LogP contribution in [0.3, 0.4) is 0 Å². The molecule has 122 valence electrons. The van der Waals surface area contributed by atoms with Crippen LogP contribution in [0.15, 0.2) is 58.6 Å². The Bertz CT molecular complexity index is 760. The van der Waals surface area contributed by atoms with Gasteiger partial charge in [-0.15, -0.1) is 0 Å². The number of anilines is 1. The van der Waals surface area contributed by atoms with Crippen LogP contribution in [-0.2, 0) is 14.8 Å². The van der Waals surface area contributed by atoms with Crippen molar-refractivity contribution < 1.29 is 13.2 Å². The Hall–Kier alpha value is -1.90. The molecule has 0 radical (unpaired) electrons. The highest BCUT2D eigenvalue weighted by molar-refractivity contribution is 7.99. The number of hydrogen-bond acceptors (Lipinski definition) is 5. The maximum Gasteiger partial charge on any atom is 0.242 e. The zero-order valence-electron chi connectivity index (χ0n) is 12.8. The van der Waals surface area contributed by atoms with E-state index in [1.807, 2.05) is 18.2 Å². The molecule has 8 heteroatoms. The number of hydrogen-bond donors (Lipinski definition) is 1. The quantitative estimate of drug-likeness (QED) is 0.806. The Kier molecular flexibility index (Phi) is 5.75. The lowest BCUT2D eigenvalue weighted by Crippen LogP contribution is -2.22. The van der Waals surface area contributed by atoms with Gasteiger partial charge < -0.3 is 5.32 Å². The molecule has 1 amide bonds. The molecule has 1 aromatic carbocycles. The number of nitrogens with one attached hydrogen (secondary N) is 1. The largest absolute Gasteiger partial charge is 0.325 e. The molecule has 0 aliphatic carbocycles. The van der Waals surface area contributed by atoms with E-state index in [-0.39, 0.29) is 16.6 Å². The van der Waals surface area contributed by atoms with Crippen molar-refractivity contribution in [1.82, 2.24) is 9.29 Å². The van der Waals surface area contributed by atoms with Gasteiger partial charge in [0.15, 0.2) is 0 Å². The third kappa shape index (κ3) is 4.78. The average Bonchev–Trinajstić information content (AvgIpc) is 2.54. The Morgan fingerprint density at radius 2 is 1.87 bits per heavy atom. The van der Waals surface area contributed by atoms with E-state index in [0.29, 0.717) is 5.69 Å². The number of aromatic nitrogens is 1. The van der Waals surface area contributed by atoms with Gasteiger partial charge in [-0.2, -0.15) is 0 Å². The first-order valence-corrected chi connectivity index (χ1v) is 9.18. The minimum Gasteiger partial charge on any atom is -0.325 e. The molecule has 1 aromatic heterocycles. The standard InChI is InChI=1S/C15H17N3O3S2/c1-18(2)23(20,21)13-8-6-12(7-9-13)17-14(19)11-22-15-5-3-4-10-16-15/h3-10H,11H2,1-2H3,(H,17,19). The first-order valence-electron chi connectivity index (χ1n) is 6.76. The van der Waals surface area contributed by atoms with E-state index in [1.54, 1.807) is 18.3 Å². The minimum absolute atomic E-state index is 0.177. The van der Waals surface area contributed by atoms with E-state index < -0.39 is 10.0 Å². The second-order valence-corrected chi connectivity index (χ2v) is 7.96. The van der Waals surface area contributed by atoms with Crippen molar-refractivity contribution in [2.45, 2.75) is 9.92 Å². The topological polar surface area (TPSA) is 79.4 Å². The molecule has 0 spiro atoms. The number of carbonyl (C=O) groups excluding carboxylic acids is 1.